The number of ether oxygens (including phenoxy) is 1. The van der Waals surface area contributed by atoms with Gasteiger partial charge in [0.1, 0.15) is 5.75 Å². The highest BCUT2D eigenvalue weighted by atomic mass is 32.2. The molecule has 2 rings (SSSR count). The Balaban J connectivity index is 2.10. The van der Waals surface area contributed by atoms with E-state index in [1.54, 1.807) is 30.3 Å². The molecule has 0 spiro atoms. The van der Waals surface area contributed by atoms with E-state index in [1.807, 2.05) is 0 Å². The number of para-hydroxylation sites is 2. The zero-order valence-electron chi connectivity index (χ0n) is 12.9. The minimum absolute atomic E-state index is 0.0751. The number of benzene rings is 1. The van der Waals surface area contributed by atoms with Gasteiger partial charge in [-0.1, -0.05) is 12.1 Å². The van der Waals surface area contributed by atoms with Gasteiger partial charge in [-0.05, 0) is 24.3 Å². The van der Waals surface area contributed by atoms with Gasteiger partial charge in [0.2, 0.25) is 10.0 Å². The molecule has 0 bridgehead atoms. The van der Waals surface area contributed by atoms with Crippen molar-refractivity contribution in [2.24, 2.45) is 0 Å². The Bertz CT molecular complexity index is 756. The molecule has 0 atom stereocenters. The first kappa shape index (κ1) is 16.9. The van der Waals surface area contributed by atoms with Gasteiger partial charge in [-0.25, -0.2) is 8.42 Å². The van der Waals surface area contributed by atoms with Crippen molar-refractivity contribution in [2.45, 2.75) is 0 Å². The summed E-state index contributed by atoms with van der Waals surface area (Å²) >= 11 is 0. The van der Waals surface area contributed by atoms with E-state index in [2.05, 4.69) is 5.32 Å². The van der Waals surface area contributed by atoms with Crippen LogP contribution in [0.4, 0.5) is 5.69 Å². The van der Waals surface area contributed by atoms with Crippen LogP contribution in [0.5, 0.6) is 5.75 Å². The molecule has 1 aromatic carbocycles. The number of carbonyl (C=O) groups is 1. The van der Waals surface area contributed by atoms with Gasteiger partial charge in [-0.15, -0.1) is 0 Å². The fourth-order valence-corrected chi connectivity index (χ4v) is 3.00. The van der Waals surface area contributed by atoms with E-state index >= 15 is 0 Å². The van der Waals surface area contributed by atoms with E-state index in [1.165, 1.54) is 23.7 Å². The normalized spacial score (nSPS) is 11.0. The molecule has 8 heteroatoms. The van der Waals surface area contributed by atoms with Gasteiger partial charge in [0.05, 0.1) is 31.9 Å². The van der Waals surface area contributed by atoms with Crippen molar-refractivity contribution in [3.63, 3.8) is 0 Å². The van der Waals surface area contributed by atoms with Crippen molar-refractivity contribution in [2.75, 3.05) is 30.8 Å². The second-order valence-corrected chi connectivity index (χ2v) is 6.65. The molecule has 0 aliphatic heterocycles. The van der Waals surface area contributed by atoms with Crippen molar-refractivity contribution in [1.29, 1.82) is 0 Å². The smallest absolute Gasteiger partial charge is 0.287 e. The number of hydrogen-bond acceptors (Lipinski definition) is 5. The Kier molecular flexibility index (Phi) is 5.28. The number of hydrogen-bond donors (Lipinski definition) is 1. The first-order chi connectivity index (χ1) is 10.9. The van der Waals surface area contributed by atoms with E-state index in [0.717, 1.165) is 6.26 Å². The summed E-state index contributed by atoms with van der Waals surface area (Å²) in [6.45, 7) is 0.205. The van der Waals surface area contributed by atoms with Gasteiger partial charge >= 0.3 is 0 Å². The zero-order valence-corrected chi connectivity index (χ0v) is 13.7. The number of sulfonamides is 1. The standard InChI is InChI=1S/C15H18N2O5S/c1-21-13-7-4-3-6-12(13)17(23(2,19)20)10-9-16-15(18)14-8-5-11-22-14/h3-8,11H,9-10H2,1-2H3,(H,16,18). The van der Waals surface area contributed by atoms with Crippen LogP contribution in [-0.2, 0) is 10.0 Å². The van der Waals surface area contributed by atoms with Gasteiger partial charge in [-0.2, -0.15) is 0 Å². The molecule has 0 aliphatic rings. The van der Waals surface area contributed by atoms with Crippen LogP contribution in [0.25, 0.3) is 0 Å². The van der Waals surface area contributed by atoms with Gasteiger partial charge < -0.3 is 14.5 Å². The highest BCUT2D eigenvalue weighted by Crippen LogP contribution is 2.29. The highest BCUT2D eigenvalue weighted by molar-refractivity contribution is 7.92. The predicted molar refractivity (Wildman–Crippen MR) is 86.2 cm³/mol. The van der Waals surface area contributed by atoms with Gasteiger partial charge in [0.25, 0.3) is 5.91 Å². The molecule has 0 aliphatic carbocycles. The van der Waals surface area contributed by atoms with Crippen LogP contribution in [0.3, 0.4) is 0 Å². The van der Waals surface area contributed by atoms with E-state index in [9.17, 15) is 13.2 Å². The molecular weight excluding hydrogens is 320 g/mol. The topological polar surface area (TPSA) is 88.8 Å². The fraction of sp³-hybridized carbons (Fsp3) is 0.267. The molecule has 2 aromatic rings. The number of carbonyl (C=O) groups excluding carboxylic acids is 1. The Morgan fingerprint density at radius 3 is 2.61 bits per heavy atom. The van der Waals surface area contributed by atoms with Crippen molar-refractivity contribution >= 4 is 21.6 Å². The third kappa shape index (κ3) is 4.26. The quantitative estimate of drug-likeness (QED) is 0.826. The van der Waals surface area contributed by atoms with E-state index in [0.29, 0.717) is 11.4 Å². The van der Waals surface area contributed by atoms with Crippen molar-refractivity contribution in [3.05, 3.63) is 48.4 Å². The number of nitrogens with zero attached hydrogens (tertiary/aromatic N) is 1. The summed E-state index contributed by atoms with van der Waals surface area (Å²) in [5, 5.41) is 2.62. The molecule has 1 aromatic heterocycles. The summed E-state index contributed by atoms with van der Waals surface area (Å²) in [6, 6.07) is 9.93. The summed E-state index contributed by atoms with van der Waals surface area (Å²) in [5.74, 6) is 0.215. The Hall–Kier alpha value is -2.48. The van der Waals surface area contributed by atoms with Gasteiger partial charge in [0.15, 0.2) is 5.76 Å². The highest BCUT2D eigenvalue weighted by Gasteiger charge is 2.21. The molecule has 0 fully saturated rings. The molecule has 0 saturated carbocycles. The summed E-state index contributed by atoms with van der Waals surface area (Å²) in [4.78, 5) is 11.8. The number of rotatable bonds is 7. The predicted octanol–water partition coefficient (Wildman–Crippen LogP) is 1.48. The Morgan fingerprint density at radius 1 is 1.26 bits per heavy atom. The fourth-order valence-electron chi connectivity index (χ4n) is 2.07. The maximum Gasteiger partial charge on any atom is 0.287 e. The second kappa shape index (κ2) is 7.19. The summed E-state index contributed by atoms with van der Waals surface area (Å²) in [5.41, 5.74) is 0.421. The first-order valence-electron chi connectivity index (χ1n) is 6.86. The van der Waals surface area contributed by atoms with Crippen LogP contribution in [0, 0.1) is 0 Å². The summed E-state index contributed by atoms with van der Waals surface area (Å²) in [6.07, 6.45) is 2.50. The lowest BCUT2D eigenvalue weighted by Gasteiger charge is -2.24. The monoisotopic (exact) mass is 338 g/mol. The molecular formula is C15H18N2O5S. The van der Waals surface area contributed by atoms with E-state index in [-0.39, 0.29) is 18.8 Å². The van der Waals surface area contributed by atoms with Crippen LogP contribution in [0.2, 0.25) is 0 Å². The largest absolute Gasteiger partial charge is 0.495 e. The van der Waals surface area contributed by atoms with Crippen LogP contribution in [0.1, 0.15) is 10.6 Å². The van der Waals surface area contributed by atoms with Crippen LogP contribution < -0.4 is 14.4 Å². The lowest BCUT2D eigenvalue weighted by atomic mass is 10.3. The van der Waals surface area contributed by atoms with Crippen LogP contribution >= 0.6 is 0 Å². The Morgan fingerprint density at radius 2 is 2.00 bits per heavy atom. The maximum absolute atomic E-state index is 12.0. The molecule has 1 amide bonds. The number of methoxy groups -OCH3 is 1. The molecule has 1 heterocycles. The average Bonchev–Trinajstić information content (AvgIpc) is 3.04. The lowest BCUT2D eigenvalue weighted by Crippen LogP contribution is -2.38. The number of anilines is 1. The lowest BCUT2D eigenvalue weighted by molar-refractivity contribution is 0.0927. The minimum Gasteiger partial charge on any atom is -0.495 e. The number of amides is 1. The molecule has 0 unspecified atom stereocenters. The first-order valence-corrected chi connectivity index (χ1v) is 8.70. The van der Waals surface area contributed by atoms with Gasteiger partial charge in [0, 0.05) is 6.54 Å². The summed E-state index contributed by atoms with van der Waals surface area (Å²) < 4.78 is 35.5. The zero-order chi connectivity index (χ0) is 16.9. The molecule has 0 radical (unpaired) electrons. The number of furan rings is 1. The molecule has 124 valence electrons. The van der Waals surface area contributed by atoms with E-state index < -0.39 is 15.9 Å². The van der Waals surface area contributed by atoms with Crippen molar-refractivity contribution in [1.82, 2.24) is 5.32 Å². The number of nitrogens with one attached hydrogen (secondary N) is 1. The van der Waals surface area contributed by atoms with E-state index in [4.69, 9.17) is 9.15 Å². The Labute approximate surface area is 134 Å². The average molecular weight is 338 g/mol. The van der Waals surface area contributed by atoms with Crippen LogP contribution in [-0.4, -0.2) is 40.8 Å². The molecule has 7 nitrogen and oxygen atoms in total. The minimum atomic E-state index is -3.52. The third-order valence-corrected chi connectivity index (χ3v) is 4.28. The SMILES string of the molecule is COc1ccccc1N(CCNC(=O)c1ccco1)S(C)(=O)=O. The molecule has 23 heavy (non-hydrogen) atoms. The molecule has 1 N–H and O–H groups in total. The summed E-state index contributed by atoms with van der Waals surface area (Å²) in [7, 11) is -2.05. The van der Waals surface area contributed by atoms with Crippen molar-refractivity contribution in [3.8, 4) is 5.75 Å². The third-order valence-electron chi connectivity index (χ3n) is 3.10. The van der Waals surface area contributed by atoms with Gasteiger partial charge in [-0.3, -0.25) is 9.10 Å². The van der Waals surface area contributed by atoms with Crippen LogP contribution in [0.15, 0.2) is 47.1 Å². The molecule has 0 saturated heterocycles. The van der Waals surface area contributed by atoms with Crippen molar-refractivity contribution < 1.29 is 22.4 Å². The second-order valence-electron chi connectivity index (χ2n) is 4.74. The maximum atomic E-state index is 12.0.